The number of ether oxygens (including phenoxy) is 1. The third-order valence-corrected chi connectivity index (χ3v) is 5.35. The lowest BCUT2D eigenvalue weighted by Crippen LogP contribution is -2.05. The number of hydrogen-bond donors (Lipinski definition) is 0. The molecule has 0 saturated heterocycles. The number of thiophene rings is 2. The molecule has 3 aromatic rings. The van der Waals surface area contributed by atoms with Gasteiger partial charge in [0.25, 0.3) is 0 Å². The first kappa shape index (κ1) is 13.3. The van der Waals surface area contributed by atoms with Crippen LogP contribution in [0.1, 0.15) is 26.4 Å². The lowest BCUT2D eigenvalue weighted by atomic mass is 10.00. The highest BCUT2D eigenvalue weighted by Crippen LogP contribution is 2.34. The molecule has 0 saturated carbocycles. The van der Waals surface area contributed by atoms with E-state index in [0.29, 0.717) is 11.3 Å². The van der Waals surface area contributed by atoms with Gasteiger partial charge in [0, 0.05) is 9.40 Å². The summed E-state index contributed by atoms with van der Waals surface area (Å²) in [5.41, 5.74) is 2.73. The number of hydrogen-bond acceptors (Lipinski definition) is 4. The van der Waals surface area contributed by atoms with Crippen LogP contribution in [0.15, 0.2) is 29.6 Å². The summed E-state index contributed by atoms with van der Waals surface area (Å²) in [6.07, 6.45) is 0. The van der Waals surface area contributed by atoms with Gasteiger partial charge in [0.1, 0.15) is 5.75 Å². The van der Waals surface area contributed by atoms with Crippen LogP contribution in [-0.4, -0.2) is 12.9 Å². The van der Waals surface area contributed by atoms with Crippen molar-refractivity contribution in [3.05, 3.63) is 51.2 Å². The first-order chi connectivity index (χ1) is 9.60. The Balaban J connectivity index is 2.12. The van der Waals surface area contributed by atoms with Crippen LogP contribution in [0.4, 0.5) is 0 Å². The molecule has 0 unspecified atom stereocenters. The summed E-state index contributed by atoms with van der Waals surface area (Å²) in [5, 5.41) is 2.05. The van der Waals surface area contributed by atoms with E-state index in [1.54, 1.807) is 29.8 Å². The first-order valence-corrected chi connectivity index (χ1v) is 7.96. The van der Waals surface area contributed by atoms with Crippen molar-refractivity contribution in [2.45, 2.75) is 13.8 Å². The summed E-state index contributed by atoms with van der Waals surface area (Å²) in [7, 11) is 1.61. The Morgan fingerprint density at radius 1 is 1.15 bits per heavy atom. The van der Waals surface area contributed by atoms with Gasteiger partial charge in [-0.15, -0.1) is 22.7 Å². The number of fused-ring (bicyclic) bond motifs is 1. The molecule has 0 radical (unpaired) electrons. The molecule has 0 bridgehead atoms. The van der Waals surface area contributed by atoms with Gasteiger partial charge < -0.3 is 4.74 Å². The van der Waals surface area contributed by atoms with E-state index in [-0.39, 0.29) is 5.78 Å². The maximum Gasteiger partial charge on any atom is 0.207 e. The molecule has 3 rings (SSSR count). The maximum absolute atomic E-state index is 12.8. The van der Waals surface area contributed by atoms with Crippen LogP contribution >= 0.6 is 22.7 Å². The largest absolute Gasteiger partial charge is 0.496 e. The van der Waals surface area contributed by atoms with Crippen molar-refractivity contribution in [2.75, 3.05) is 7.11 Å². The van der Waals surface area contributed by atoms with E-state index in [1.165, 1.54) is 9.40 Å². The fourth-order valence-corrected chi connectivity index (χ4v) is 4.44. The molecule has 0 atom stereocenters. The molecule has 0 aliphatic carbocycles. The Labute approximate surface area is 125 Å². The summed E-state index contributed by atoms with van der Waals surface area (Å²) >= 11 is 3.21. The first-order valence-electron chi connectivity index (χ1n) is 6.27. The van der Waals surface area contributed by atoms with Gasteiger partial charge in [-0.1, -0.05) is 6.07 Å². The standard InChI is InChI=1S/C16H14O2S2/c1-9-6-10(2)15(11(7-9)18-3)16(17)14-8-13-12(20-14)4-5-19-13/h4-8H,1-3H3. The zero-order chi connectivity index (χ0) is 14.3. The van der Waals surface area contributed by atoms with Crippen molar-refractivity contribution in [3.63, 3.8) is 0 Å². The third kappa shape index (κ3) is 2.15. The number of ketones is 1. The van der Waals surface area contributed by atoms with E-state index in [1.807, 2.05) is 37.4 Å². The van der Waals surface area contributed by atoms with Gasteiger partial charge in [-0.25, -0.2) is 0 Å². The minimum atomic E-state index is 0.0488. The van der Waals surface area contributed by atoms with Gasteiger partial charge in [0.05, 0.1) is 17.6 Å². The maximum atomic E-state index is 12.8. The van der Waals surface area contributed by atoms with Crippen LogP contribution in [0.3, 0.4) is 0 Å². The van der Waals surface area contributed by atoms with Crippen molar-refractivity contribution < 1.29 is 9.53 Å². The van der Waals surface area contributed by atoms with Crippen LogP contribution in [-0.2, 0) is 0 Å². The molecule has 2 aromatic heterocycles. The number of carbonyl (C=O) groups excluding carboxylic acids is 1. The second-order valence-corrected chi connectivity index (χ2v) is 6.78. The SMILES string of the molecule is COc1cc(C)cc(C)c1C(=O)c1cc2sccc2s1. The summed E-state index contributed by atoms with van der Waals surface area (Å²) in [6.45, 7) is 3.96. The summed E-state index contributed by atoms with van der Waals surface area (Å²) in [6, 6.07) is 7.97. The third-order valence-electron chi connectivity index (χ3n) is 3.25. The van der Waals surface area contributed by atoms with E-state index in [2.05, 4.69) is 6.07 Å². The molecule has 0 N–H and O–H groups in total. The molecule has 0 fully saturated rings. The summed E-state index contributed by atoms with van der Waals surface area (Å²) < 4.78 is 7.73. The van der Waals surface area contributed by atoms with E-state index in [9.17, 15) is 4.79 Å². The molecule has 0 amide bonds. The molecule has 20 heavy (non-hydrogen) atoms. The lowest BCUT2D eigenvalue weighted by Gasteiger charge is -2.11. The van der Waals surface area contributed by atoms with Gasteiger partial charge in [0.15, 0.2) is 0 Å². The highest BCUT2D eigenvalue weighted by atomic mass is 32.1. The van der Waals surface area contributed by atoms with E-state index in [0.717, 1.165) is 16.0 Å². The molecule has 102 valence electrons. The summed E-state index contributed by atoms with van der Waals surface area (Å²) in [4.78, 5) is 13.5. The van der Waals surface area contributed by atoms with Gasteiger partial charge in [-0.2, -0.15) is 0 Å². The molecule has 0 aliphatic rings. The number of benzene rings is 1. The van der Waals surface area contributed by atoms with Crippen LogP contribution in [0.25, 0.3) is 9.40 Å². The fourth-order valence-electron chi connectivity index (χ4n) is 2.38. The van der Waals surface area contributed by atoms with Crippen molar-refractivity contribution in [1.29, 1.82) is 0 Å². The lowest BCUT2D eigenvalue weighted by molar-refractivity contribution is 0.103. The predicted octanol–water partition coefficient (Wildman–Crippen LogP) is 4.82. The van der Waals surface area contributed by atoms with E-state index in [4.69, 9.17) is 4.74 Å². The van der Waals surface area contributed by atoms with Gasteiger partial charge in [-0.3, -0.25) is 4.79 Å². The van der Waals surface area contributed by atoms with Gasteiger partial charge >= 0.3 is 0 Å². The Bertz CT molecular complexity index is 768. The second kappa shape index (κ2) is 5.04. The Morgan fingerprint density at radius 3 is 2.65 bits per heavy atom. The normalized spacial score (nSPS) is 10.9. The number of rotatable bonds is 3. The second-order valence-electron chi connectivity index (χ2n) is 4.75. The van der Waals surface area contributed by atoms with Crippen molar-refractivity contribution in [1.82, 2.24) is 0 Å². The highest BCUT2D eigenvalue weighted by Gasteiger charge is 2.20. The quantitative estimate of drug-likeness (QED) is 0.648. The zero-order valence-corrected chi connectivity index (χ0v) is 13.2. The van der Waals surface area contributed by atoms with E-state index >= 15 is 0 Å². The highest BCUT2D eigenvalue weighted by molar-refractivity contribution is 7.28. The average molecular weight is 302 g/mol. The minimum absolute atomic E-state index is 0.0488. The van der Waals surface area contributed by atoms with Gasteiger partial charge in [-0.05, 0) is 48.6 Å². The number of aryl methyl sites for hydroxylation is 2. The Morgan fingerprint density at radius 2 is 1.95 bits per heavy atom. The molecular weight excluding hydrogens is 288 g/mol. The van der Waals surface area contributed by atoms with Crippen LogP contribution in [0.5, 0.6) is 5.75 Å². The Hall–Kier alpha value is -1.65. The van der Waals surface area contributed by atoms with Crippen molar-refractivity contribution >= 4 is 37.9 Å². The molecule has 2 heterocycles. The van der Waals surface area contributed by atoms with E-state index < -0.39 is 0 Å². The average Bonchev–Trinajstić information content (AvgIpc) is 2.97. The smallest absolute Gasteiger partial charge is 0.207 e. The van der Waals surface area contributed by atoms with Crippen LogP contribution < -0.4 is 4.74 Å². The molecule has 2 nitrogen and oxygen atoms in total. The number of carbonyl (C=O) groups is 1. The molecule has 1 aromatic carbocycles. The molecular formula is C16H14O2S2. The minimum Gasteiger partial charge on any atom is -0.496 e. The molecule has 0 spiro atoms. The zero-order valence-electron chi connectivity index (χ0n) is 11.5. The van der Waals surface area contributed by atoms with Crippen molar-refractivity contribution in [2.24, 2.45) is 0 Å². The predicted molar refractivity (Wildman–Crippen MR) is 85.6 cm³/mol. The van der Waals surface area contributed by atoms with Crippen LogP contribution in [0.2, 0.25) is 0 Å². The molecule has 4 heteroatoms. The van der Waals surface area contributed by atoms with Gasteiger partial charge in [0.2, 0.25) is 5.78 Å². The fraction of sp³-hybridized carbons (Fsp3) is 0.188. The Kier molecular flexibility index (Phi) is 3.36. The molecule has 0 aliphatic heterocycles. The number of methoxy groups -OCH3 is 1. The summed E-state index contributed by atoms with van der Waals surface area (Å²) in [5.74, 6) is 0.706. The van der Waals surface area contributed by atoms with Crippen LogP contribution in [0, 0.1) is 13.8 Å². The topological polar surface area (TPSA) is 26.3 Å². The van der Waals surface area contributed by atoms with Crippen molar-refractivity contribution in [3.8, 4) is 5.75 Å². The monoisotopic (exact) mass is 302 g/mol.